The van der Waals surface area contributed by atoms with Crippen molar-refractivity contribution < 1.29 is 23.7 Å². The fraction of sp³-hybridized carbons (Fsp3) is 0.238. The second-order valence-corrected chi connectivity index (χ2v) is 6.79. The van der Waals surface area contributed by atoms with Gasteiger partial charge in [-0.2, -0.15) is 0 Å². The lowest BCUT2D eigenvalue weighted by Crippen LogP contribution is -2.19. The second kappa shape index (κ2) is 6.60. The molecule has 3 heterocycles. The van der Waals surface area contributed by atoms with E-state index >= 15 is 0 Å². The third-order valence-corrected chi connectivity index (χ3v) is 5.02. The molecule has 1 amide bonds. The summed E-state index contributed by atoms with van der Waals surface area (Å²) in [5.41, 5.74) is 2.84. The van der Waals surface area contributed by atoms with Gasteiger partial charge in [0.2, 0.25) is 20.0 Å². The summed E-state index contributed by atoms with van der Waals surface area (Å²) in [6.45, 7) is 1.04. The van der Waals surface area contributed by atoms with Gasteiger partial charge in [0.1, 0.15) is 0 Å². The third-order valence-electron chi connectivity index (χ3n) is 5.02. The molecule has 2 aliphatic heterocycles. The molecule has 0 spiro atoms. The van der Waals surface area contributed by atoms with Crippen LogP contribution in [0.5, 0.6) is 23.0 Å². The van der Waals surface area contributed by atoms with E-state index in [0.29, 0.717) is 18.7 Å². The van der Waals surface area contributed by atoms with Gasteiger partial charge in [-0.15, -0.1) is 0 Å². The zero-order valence-electron chi connectivity index (χ0n) is 15.3. The van der Waals surface area contributed by atoms with Gasteiger partial charge in [0.05, 0.1) is 5.69 Å². The monoisotopic (exact) mass is 378 g/mol. The summed E-state index contributed by atoms with van der Waals surface area (Å²) < 4.78 is 22.1. The van der Waals surface area contributed by atoms with Gasteiger partial charge in [0, 0.05) is 30.7 Å². The number of fused-ring (bicyclic) bond motifs is 4. The van der Waals surface area contributed by atoms with E-state index in [1.165, 1.54) is 0 Å². The van der Waals surface area contributed by atoms with E-state index in [1.54, 1.807) is 11.9 Å². The number of ether oxygens (including phenoxy) is 4. The molecule has 0 aliphatic carbocycles. The maximum Gasteiger partial charge on any atom is 0.231 e. The van der Waals surface area contributed by atoms with Gasteiger partial charge in [-0.25, -0.2) is 0 Å². The van der Waals surface area contributed by atoms with E-state index in [9.17, 15) is 4.79 Å². The first kappa shape index (κ1) is 16.7. The number of likely N-dealkylation sites (N-methyl/N-ethyl adjacent to an activating group) is 1. The van der Waals surface area contributed by atoms with Crippen molar-refractivity contribution in [1.29, 1.82) is 0 Å². The van der Waals surface area contributed by atoms with E-state index in [4.69, 9.17) is 18.9 Å². The first-order valence-corrected chi connectivity index (χ1v) is 9.00. The number of hydrogen-bond donors (Lipinski definition) is 0. The number of pyridine rings is 1. The molecule has 0 atom stereocenters. The van der Waals surface area contributed by atoms with Crippen molar-refractivity contribution in [3.63, 3.8) is 0 Å². The van der Waals surface area contributed by atoms with Crippen LogP contribution >= 0.6 is 0 Å². The van der Waals surface area contributed by atoms with Crippen molar-refractivity contribution in [1.82, 2.24) is 9.88 Å². The Morgan fingerprint density at radius 2 is 1.82 bits per heavy atom. The number of amides is 1. The Kier molecular flexibility index (Phi) is 3.93. The molecule has 2 aliphatic rings. The molecular weight excluding hydrogens is 360 g/mol. The number of hydrogen-bond acceptors (Lipinski definition) is 6. The number of rotatable bonds is 5. The van der Waals surface area contributed by atoms with Crippen LogP contribution < -0.4 is 18.9 Å². The van der Waals surface area contributed by atoms with Crippen molar-refractivity contribution in [3.8, 4) is 34.3 Å². The van der Waals surface area contributed by atoms with E-state index in [1.807, 2.05) is 36.5 Å². The molecule has 7 nitrogen and oxygen atoms in total. The quantitative estimate of drug-likeness (QED) is 0.636. The minimum atomic E-state index is 0.209. The molecule has 2 aromatic carbocycles. The van der Waals surface area contributed by atoms with E-state index in [2.05, 4.69) is 4.98 Å². The molecule has 0 radical (unpaired) electrons. The van der Waals surface area contributed by atoms with Crippen LogP contribution in [-0.2, 0) is 11.2 Å². The van der Waals surface area contributed by atoms with E-state index in [0.717, 1.165) is 51.3 Å². The average molecular weight is 378 g/mol. The molecule has 3 aromatic rings. The molecular formula is C21H18N2O5. The molecule has 5 rings (SSSR count). The standard InChI is InChI=1S/C21H18N2O5/c1-23(10-24)5-4-14-7-19-20(27-11-26-19)8-15(14)17-6-13-2-3-18-21(28-12-25-18)16(13)9-22-17/h2-3,6-10H,4-5,11-12H2,1H3. The van der Waals surface area contributed by atoms with Crippen molar-refractivity contribution in [2.45, 2.75) is 6.42 Å². The van der Waals surface area contributed by atoms with Crippen molar-refractivity contribution >= 4 is 17.2 Å². The van der Waals surface area contributed by atoms with Crippen molar-refractivity contribution in [2.24, 2.45) is 0 Å². The van der Waals surface area contributed by atoms with Gasteiger partial charge < -0.3 is 23.8 Å². The van der Waals surface area contributed by atoms with Gasteiger partial charge in [-0.1, -0.05) is 6.07 Å². The molecule has 7 heteroatoms. The summed E-state index contributed by atoms with van der Waals surface area (Å²) in [6.07, 6.45) is 3.32. The Bertz CT molecular complexity index is 1080. The average Bonchev–Trinajstić information content (AvgIpc) is 3.39. The lowest BCUT2D eigenvalue weighted by molar-refractivity contribution is -0.116. The highest BCUT2D eigenvalue weighted by Crippen LogP contribution is 2.42. The van der Waals surface area contributed by atoms with Crippen LogP contribution in [0.25, 0.3) is 22.0 Å². The molecule has 0 bridgehead atoms. The minimum absolute atomic E-state index is 0.209. The Hall–Kier alpha value is -3.48. The number of carbonyl (C=O) groups is 1. The number of benzene rings is 2. The van der Waals surface area contributed by atoms with Crippen LogP contribution in [0, 0.1) is 0 Å². The van der Waals surface area contributed by atoms with Crippen LogP contribution in [0.2, 0.25) is 0 Å². The van der Waals surface area contributed by atoms with E-state index in [-0.39, 0.29) is 13.6 Å². The highest BCUT2D eigenvalue weighted by molar-refractivity contribution is 5.93. The first-order valence-electron chi connectivity index (χ1n) is 9.00. The van der Waals surface area contributed by atoms with Crippen molar-refractivity contribution in [3.05, 3.63) is 42.1 Å². The van der Waals surface area contributed by atoms with Gasteiger partial charge in [0.15, 0.2) is 23.0 Å². The minimum Gasteiger partial charge on any atom is -0.454 e. The summed E-state index contributed by atoms with van der Waals surface area (Å²) in [5.74, 6) is 2.89. The molecule has 142 valence electrons. The zero-order chi connectivity index (χ0) is 19.1. The van der Waals surface area contributed by atoms with Crippen molar-refractivity contribution in [2.75, 3.05) is 27.2 Å². The van der Waals surface area contributed by atoms with Crippen LogP contribution in [0.15, 0.2) is 36.5 Å². The summed E-state index contributed by atoms with van der Waals surface area (Å²) in [4.78, 5) is 17.2. The topological polar surface area (TPSA) is 70.1 Å². The Morgan fingerprint density at radius 3 is 2.68 bits per heavy atom. The Morgan fingerprint density at radius 1 is 1.04 bits per heavy atom. The normalized spacial score (nSPS) is 13.8. The number of carbonyl (C=O) groups excluding carboxylic acids is 1. The fourth-order valence-electron chi connectivity index (χ4n) is 3.51. The first-order chi connectivity index (χ1) is 13.7. The van der Waals surface area contributed by atoms with Crippen LogP contribution in [-0.4, -0.2) is 43.5 Å². The third kappa shape index (κ3) is 2.76. The van der Waals surface area contributed by atoms with Crippen LogP contribution in [0.1, 0.15) is 5.56 Å². The Balaban J connectivity index is 1.59. The lowest BCUT2D eigenvalue weighted by atomic mass is 9.98. The molecule has 0 unspecified atom stereocenters. The largest absolute Gasteiger partial charge is 0.454 e. The van der Waals surface area contributed by atoms with Gasteiger partial charge in [-0.05, 0) is 41.6 Å². The summed E-state index contributed by atoms with van der Waals surface area (Å²) >= 11 is 0. The van der Waals surface area contributed by atoms with Gasteiger partial charge in [0.25, 0.3) is 0 Å². The SMILES string of the molecule is CN(C=O)CCc1cc2c(cc1-c1cc3ccc4c(c3cn1)OCO4)OCO2. The van der Waals surface area contributed by atoms with Gasteiger partial charge in [-0.3, -0.25) is 9.78 Å². The van der Waals surface area contributed by atoms with Crippen LogP contribution in [0.4, 0.5) is 0 Å². The van der Waals surface area contributed by atoms with E-state index < -0.39 is 0 Å². The highest BCUT2D eigenvalue weighted by Gasteiger charge is 2.21. The summed E-state index contributed by atoms with van der Waals surface area (Å²) in [7, 11) is 1.76. The predicted octanol–water partition coefficient (Wildman–Crippen LogP) is 2.99. The smallest absolute Gasteiger partial charge is 0.231 e. The molecule has 0 saturated heterocycles. The molecule has 0 saturated carbocycles. The molecule has 0 fully saturated rings. The number of nitrogens with zero attached hydrogens (tertiary/aromatic N) is 2. The Labute approximate surface area is 161 Å². The molecule has 28 heavy (non-hydrogen) atoms. The predicted molar refractivity (Wildman–Crippen MR) is 102 cm³/mol. The zero-order valence-corrected chi connectivity index (χ0v) is 15.3. The summed E-state index contributed by atoms with van der Waals surface area (Å²) in [6, 6.07) is 9.87. The highest BCUT2D eigenvalue weighted by atomic mass is 16.7. The molecule has 1 aromatic heterocycles. The van der Waals surface area contributed by atoms with Crippen LogP contribution in [0.3, 0.4) is 0 Å². The fourth-order valence-corrected chi connectivity index (χ4v) is 3.51. The maximum atomic E-state index is 11.0. The maximum absolute atomic E-state index is 11.0. The number of aromatic nitrogens is 1. The molecule has 0 N–H and O–H groups in total. The summed E-state index contributed by atoms with van der Waals surface area (Å²) in [5, 5.41) is 1.93. The second-order valence-electron chi connectivity index (χ2n) is 6.79. The van der Waals surface area contributed by atoms with Gasteiger partial charge >= 0.3 is 0 Å². The lowest BCUT2D eigenvalue weighted by Gasteiger charge is -2.15.